The Kier molecular flexibility index (Phi) is 10.5. The Bertz CT molecular complexity index is 1180. The van der Waals surface area contributed by atoms with E-state index in [4.69, 9.17) is 4.74 Å². The molecule has 0 aliphatic rings. The van der Waals surface area contributed by atoms with E-state index in [2.05, 4.69) is 5.32 Å². The van der Waals surface area contributed by atoms with Crippen LogP contribution in [0.15, 0.2) is 42.5 Å². The number of benzene rings is 2. The van der Waals surface area contributed by atoms with Crippen LogP contribution < -0.4 is 14.4 Å². The highest BCUT2D eigenvalue weighted by Gasteiger charge is 2.33. The predicted octanol–water partition coefficient (Wildman–Crippen LogP) is 3.26. The van der Waals surface area contributed by atoms with Gasteiger partial charge in [0.05, 0.1) is 12.8 Å². The summed E-state index contributed by atoms with van der Waals surface area (Å²) in [6.45, 7) is 8.85. The first kappa shape index (κ1) is 30.1. The molecule has 0 fully saturated rings. The number of nitrogens with zero attached hydrogens (tertiary/aromatic N) is 3. The highest BCUT2D eigenvalue weighted by atomic mass is 32.2. The summed E-state index contributed by atoms with van der Waals surface area (Å²) < 4.78 is 34.1. The van der Waals surface area contributed by atoms with Gasteiger partial charge in [0.15, 0.2) is 0 Å². The van der Waals surface area contributed by atoms with Gasteiger partial charge in [-0.15, -0.1) is 0 Å². The monoisotopic (exact) mass is 532 g/mol. The standard InChI is InChI=1S/C27H40N4O5S/c1-9-21(4)28-27(33)22(5)30(17-23-12-14-24(36-8)15-13-23)26(32)18-31(37(34,35)29(6)7)25-16-19(2)10-11-20(25)3/h10-16,21-22H,9,17-18H2,1-8H3,(H,28,33)/t21-,22+/m1/s1. The van der Waals surface area contributed by atoms with Gasteiger partial charge in [-0.2, -0.15) is 12.7 Å². The van der Waals surface area contributed by atoms with E-state index in [0.717, 1.165) is 26.2 Å². The molecule has 0 saturated carbocycles. The lowest BCUT2D eigenvalue weighted by Crippen LogP contribution is -2.53. The Morgan fingerprint density at radius 1 is 1.03 bits per heavy atom. The van der Waals surface area contributed by atoms with E-state index in [0.29, 0.717) is 17.0 Å². The minimum absolute atomic E-state index is 0.0616. The number of hydrogen-bond donors (Lipinski definition) is 1. The third-order valence-electron chi connectivity index (χ3n) is 6.33. The minimum Gasteiger partial charge on any atom is -0.497 e. The van der Waals surface area contributed by atoms with Gasteiger partial charge in [-0.1, -0.05) is 31.2 Å². The molecule has 2 aromatic rings. The van der Waals surface area contributed by atoms with Crippen molar-refractivity contribution in [3.8, 4) is 5.75 Å². The molecule has 0 spiro atoms. The zero-order chi connectivity index (χ0) is 27.9. The van der Waals surface area contributed by atoms with Crippen LogP contribution in [0, 0.1) is 13.8 Å². The molecule has 0 aliphatic carbocycles. The van der Waals surface area contributed by atoms with Crippen molar-refractivity contribution in [1.29, 1.82) is 0 Å². The lowest BCUT2D eigenvalue weighted by Gasteiger charge is -2.33. The quantitative estimate of drug-likeness (QED) is 0.452. The molecule has 0 unspecified atom stereocenters. The molecule has 9 nitrogen and oxygen atoms in total. The molecule has 0 bridgehead atoms. The van der Waals surface area contributed by atoms with Crippen molar-refractivity contribution >= 4 is 27.7 Å². The topological polar surface area (TPSA) is 99.3 Å². The maximum absolute atomic E-state index is 13.8. The van der Waals surface area contributed by atoms with E-state index in [1.54, 1.807) is 39.2 Å². The Hall–Kier alpha value is -3.11. The van der Waals surface area contributed by atoms with Gasteiger partial charge in [-0.3, -0.25) is 9.59 Å². The highest BCUT2D eigenvalue weighted by Crippen LogP contribution is 2.26. The number of anilines is 1. The molecular formula is C27H40N4O5S. The zero-order valence-corrected chi connectivity index (χ0v) is 23.9. The van der Waals surface area contributed by atoms with E-state index in [-0.39, 0.29) is 18.5 Å². The van der Waals surface area contributed by atoms with Crippen LogP contribution in [0.5, 0.6) is 5.75 Å². The third-order valence-corrected chi connectivity index (χ3v) is 8.14. The minimum atomic E-state index is -4.01. The summed E-state index contributed by atoms with van der Waals surface area (Å²) in [7, 11) is 0.412. The third kappa shape index (κ3) is 7.69. The van der Waals surface area contributed by atoms with Gasteiger partial charge in [-0.05, 0) is 69.0 Å². The Morgan fingerprint density at radius 2 is 1.65 bits per heavy atom. The second kappa shape index (κ2) is 12.9. The molecule has 2 amide bonds. The fraction of sp³-hybridized carbons (Fsp3) is 0.481. The molecule has 2 aromatic carbocycles. The maximum Gasteiger partial charge on any atom is 0.304 e. The number of rotatable bonds is 12. The number of aryl methyl sites for hydroxylation is 2. The molecule has 0 heterocycles. The van der Waals surface area contributed by atoms with Crippen LogP contribution in [0.2, 0.25) is 0 Å². The Labute approximate surface area is 221 Å². The van der Waals surface area contributed by atoms with Crippen molar-refractivity contribution in [1.82, 2.24) is 14.5 Å². The van der Waals surface area contributed by atoms with E-state index in [1.807, 2.05) is 45.0 Å². The van der Waals surface area contributed by atoms with Crippen molar-refractivity contribution in [3.63, 3.8) is 0 Å². The van der Waals surface area contributed by atoms with Crippen molar-refractivity contribution in [2.24, 2.45) is 0 Å². The van der Waals surface area contributed by atoms with Crippen LogP contribution in [0.4, 0.5) is 5.69 Å². The van der Waals surface area contributed by atoms with Crippen molar-refractivity contribution in [3.05, 3.63) is 59.2 Å². The van der Waals surface area contributed by atoms with Crippen molar-refractivity contribution < 1.29 is 22.7 Å². The zero-order valence-electron chi connectivity index (χ0n) is 23.1. The van der Waals surface area contributed by atoms with Crippen LogP contribution in [0.3, 0.4) is 0 Å². The molecule has 2 rings (SSSR count). The normalized spacial score (nSPS) is 13.1. The van der Waals surface area contributed by atoms with E-state index >= 15 is 0 Å². The van der Waals surface area contributed by atoms with Gasteiger partial charge in [0.25, 0.3) is 0 Å². The lowest BCUT2D eigenvalue weighted by atomic mass is 10.1. The van der Waals surface area contributed by atoms with Gasteiger partial charge in [0.1, 0.15) is 18.3 Å². The first-order chi connectivity index (χ1) is 17.3. The lowest BCUT2D eigenvalue weighted by molar-refractivity contribution is -0.139. The average Bonchev–Trinajstić information content (AvgIpc) is 2.86. The van der Waals surface area contributed by atoms with E-state index in [9.17, 15) is 18.0 Å². The van der Waals surface area contributed by atoms with E-state index < -0.39 is 28.7 Å². The SMILES string of the molecule is CC[C@@H](C)NC(=O)[C@H](C)N(Cc1ccc(OC)cc1)C(=O)CN(c1cc(C)ccc1C)S(=O)(=O)N(C)C. The number of hydrogen-bond acceptors (Lipinski definition) is 5. The van der Waals surface area contributed by atoms with Crippen LogP contribution in [0.1, 0.15) is 43.9 Å². The first-order valence-electron chi connectivity index (χ1n) is 12.3. The van der Waals surface area contributed by atoms with Crippen molar-refractivity contribution in [2.45, 2.75) is 59.7 Å². The van der Waals surface area contributed by atoms with Crippen LogP contribution in [-0.4, -0.2) is 69.3 Å². The smallest absolute Gasteiger partial charge is 0.304 e. The number of carbonyl (C=O) groups excluding carboxylic acids is 2. The summed E-state index contributed by atoms with van der Waals surface area (Å²) in [5.74, 6) is -0.124. The second-order valence-corrected chi connectivity index (χ2v) is 11.5. The predicted molar refractivity (Wildman–Crippen MR) is 147 cm³/mol. The number of nitrogens with one attached hydrogen (secondary N) is 1. The van der Waals surface area contributed by atoms with E-state index in [1.165, 1.54) is 19.0 Å². The maximum atomic E-state index is 13.8. The largest absolute Gasteiger partial charge is 0.497 e. The summed E-state index contributed by atoms with van der Waals surface area (Å²) in [4.78, 5) is 28.3. The number of carbonyl (C=O) groups is 2. The molecule has 204 valence electrons. The van der Waals surface area contributed by atoms with Gasteiger partial charge in [0, 0.05) is 26.7 Å². The van der Waals surface area contributed by atoms with Gasteiger partial charge < -0.3 is 15.0 Å². The molecule has 1 N–H and O–H groups in total. The summed E-state index contributed by atoms with van der Waals surface area (Å²) in [5.41, 5.74) is 2.78. The molecule has 0 radical (unpaired) electrons. The summed E-state index contributed by atoms with van der Waals surface area (Å²) in [5, 5.41) is 2.93. The van der Waals surface area contributed by atoms with Gasteiger partial charge in [-0.25, -0.2) is 4.31 Å². The van der Waals surface area contributed by atoms with Gasteiger partial charge >= 0.3 is 10.2 Å². The molecule has 2 atom stereocenters. The van der Waals surface area contributed by atoms with Crippen LogP contribution in [-0.2, 0) is 26.3 Å². The summed E-state index contributed by atoms with van der Waals surface area (Å²) in [6.07, 6.45) is 0.742. The summed E-state index contributed by atoms with van der Waals surface area (Å²) >= 11 is 0. The number of ether oxygens (including phenoxy) is 1. The second-order valence-electron chi connectivity index (χ2n) is 9.45. The number of methoxy groups -OCH3 is 1. The number of amides is 2. The Balaban J connectivity index is 2.50. The Morgan fingerprint density at radius 3 is 2.19 bits per heavy atom. The van der Waals surface area contributed by atoms with Crippen LogP contribution in [0.25, 0.3) is 0 Å². The molecule has 0 saturated heterocycles. The fourth-order valence-electron chi connectivity index (χ4n) is 3.67. The first-order valence-corrected chi connectivity index (χ1v) is 13.7. The van der Waals surface area contributed by atoms with Crippen LogP contribution >= 0.6 is 0 Å². The molecule has 37 heavy (non-hydrogen) atoms. The van der Waals surface area contributed by atoms with Crippen molar-refractivity contribution in [2.75, 3.05) is 32.1 Å². The summed E-state index contributed by atoms with van der Waals surface area (Å²) in [6, 6.07) is 11.8. The molecule has 0 aliphatic heterocycles. The molecular weight excluding hydrogens is 492 g/mol. The highest BCUT2D eigenvalue weighted by molar-refractivity contribution is 7.90. The van der Waals surface area contributed by atoms with Gasteiger partial charge in [0.2, 0.25) is 11.8 Å². The average molecular weight is 533 g/mol. The molecule has 0 aromatic heterocycles. The fourth-order valence-corrected chi connectivity index (χ4v) is 4.78. The molecule has 10 heteroatoms.